The van der Waals surface area contributed by atoms with Crippen LogP contribution >= 0.6 is 11.6 Å². The minimum atomic E-state index is 0.601. The van der Waals surface area contributed by atoms with Gasteiger partial charge in [0.05, 0.1) is 25.8 Å². The van der Waals surface area contributed by atoms with Crippen molar-refractivity contribution in [3.8, 4) is 0 Å². The van der Waals surface area contributed by atoms with Gasteiger partial charge in [-0.25, -0.2) is 0 Å². The molecule has 0 bridgehead atoms. The molecular formula is C19H22ClN2+. The summed E-state index contributed by atoms with van der Waals surface area (Å²) in [6, 6.07) is 9.40. The van der Waals surface area contributed by atoms with E-state index in [0.29, 0.717) is 12.0 Å². The zero-order chi connectivity index (χ0) is 14.9. The highest BCUT2D eigenvalue weighted by molar-refractivity contribution is 6.29. The van der Waals surface area contributed by atoms with Gasteiger partial charge in [-0.15, -0.1) is 0 Å². The monoisotopic (exact) mass is 313 g/mol. The van der Waals surface area contributed by atoms with Gasteiger partial charge in [0.1, 0.15) is 6.04 Å². The van der Waals surface area contributed by atoms with E-state index in [1.807, 2.05) is 0 Å². The van der Waals surface area contributed by atoms with E-state index in [1.165, 1.54) is 47.0 Å². The molecule has 1 unspecified atom stereocenters. The van der Waals surface area contributed by atoms with Crippen LogP contribution in [-0.2, 0) is 6.42 Å². The van der Waals surface area contributed by atoms with Gasteiger partial charge in [-0.1, -0.05) is 35.9 Å². The summed E-state index contributed by atoms with van der Waals surface area (Å²) in [7, 11) is 2.46. The Morgan fingerprint density at radius 2 is 2.14 bits per heavy atom. The summed E-state index contributed by atoms with van der Waals surface area (Å²) in [4.78, 5) is 3.78. The lowest BCUT2D eigenvalue weighted by molar-refractivity contribution is -0.932. The number of quaternary nitrogens is 1. The average molecular weight is 314 g/mol. The van der Waals surface area contributed by atoms with Crippen LogP contribution in [0.5, 0.6) is 0 Å². The number of H-pyrrole nitrogens is 1. The van der Waals surface area contributed by atoms with Gasteiger partial charge in [-0.2, -0.15) is 0 Å². The second-order valence-corrected chi connectivity index (χ2v) is 8.14. The van der Waals surface area contributed by atoms with E-state index in [-0.39, 0.29) is 0 Å². The summed E-state index contributed by atoms with van der Waals surface area (Å²) in [5, 5.41) is 2.52. The first kappa shape index (κ1) is 13.2. The highest BCUT2D eigenvalue weighted by Crippen LogP contribution is 2.54. The molecule has 1 N–H and O–H groups in total. The number of nitrogens with one attached hydrogen (secondary N) is 1. The number of fused-ring (bicyclic) bond motifs is 7. The standard InChI is InChI=1S/C19H22ClN2/c1-22-9-8-15-14-4-2-3-5-17(14)21-18(15)19(22)16-10-13(20)7-6-12(16)11-22/h2-5,7,12,16,19,21H,6,8-11H2,1H3/q+1/t12-,16-,19+,22?/m1/s1. The first-order valence-corrected chi connectivity index (χ1v) is 8.82. The summed E-state index contributed by atoms with van der Waals surface area (Å²) in [5.74, 6) is 1.50. The minimum absolute atomic E-state index is 0.601. The van der Waals surface area contributed by atoms with E-state index < -0.39 is 0 Å². The van der Waals surface area contributed by atoms with Gasteiger partial charge >= 0.3 is 0 Å². The Kier molecular flexibility index (Phi) is 2.64. The van der Waals surface area contributed by atoms with Crippen LogP contribution in [0.15, 0.2) is 35.4 Å². The molecule has 1 aromatic heterocycles. The van der Waals surface area contributed by atoms with Crippen LogP contribution in [-0.4, -0.2) is 29.6 Å². The fourth-order valence-electron chi connectivity index (χ4n) is 5.49. The Morgan fingerprint density at radius 3 is 3.05 bits per heavy atom. The first-order valence-electron chi connectivity index (χ1n) is 8.44. The van der Waals surface area contributed by atoms with Gasteiger partial charge in [-0.05, 0) is 24.5 Å². The van der Waals surface area contributed by atoms with E-state index in [4.69, 9.17) is 11.6 Å². The van der Waals surface area contributed by atoms with Crippen molar-refractivity contribution in [2.75, 3.05) is 20.1 Å². The topological polar surface area (TPSA) is 15.8 Å². The summed E-state index contributed by atoms with van der Waals surface area (Å²) in [6.45, 7) is 2.58. The summed E-state index contributed by atoms with van der Waals surface area (Å²) in [5.41, 5.74) is 4.39. The molecule has 0 spiro atoms. The van der Waals surface area contributed by atoms with Crippen molar-refractivity contribution in [1.82, 2.24) is 4.98 Å². The first-order chi connectivity index (χ1) is 10.7. The molecule has 4 atom stereocenters. The molecule has 1 aromatic carbocycles. The van der Waals surface area contributed by atoms with Crippen molar-refractivity contribution in [3.63, 3.8) is 0 Å². The van der Waals surface area contributed by atoms with Gasteiger partial charge in [0.15, 0.2) is 0 Å². The highest BCUT2D eigenvalue weighted by Gasteiger charge is 2.55. The Labute approximate surface area is 136 Å². The average Bonchev–Trinajstić information content (AvgIpc) is 3.01. The maximum atomic E-state index is 6.41. The third-order valence-electron chi connectivity index (χ3n) is 6.42. The van der Waals surface area contributed by atoms with E-state index in [0.717, 1.165) is 17.4 Å². The molecular weight excluding hydrogens is 292 g/mol. The number of benzene rings is 1. The highest BCUT2D eigenvalue weighted by atomic mass is 35.5. The van der Waals surface area contributed by atoms with Gasteiger partial charge in [0, 0.05) is 34.2 Å². The van der Waals surface area contributed by atoms with Crippen molar-refractivity contribution in [1.29, 1.82) is 0 Å². The predicted octanol–water partition coefficient (Wildman–Crippen LogP) is 4.37. The third kappa shape index (κ3) is 1.65. The summed E-state index contributed by atoms with van der Waals surface area (Å²) in [6.07, 6.45) is 5.70. The number of aromatic amines is 1. The number of rotatable bonds is 0. The lowest BCUT2D eigenvalue weighted by Gasteiger charge is -2.41. The number of likely N-dealkylation sites (N-methyl/N-ethyl adjacent to an activating group) is 1. The number of hydrogen-bond donors (Lipinski definition) is 1. The number of nitrogens with zero attached hydrogens (tertiary/aromatic N) is 1. The number of allylic oxidation sites excluding steroid dienone is 2. The second-order valence-electron chi connectivity index (χ2n) is 7.66. The molecule has 2 aliphatic heterocycles. The van der Waals surface area contributed by atoms with Crippen LogP contribution in [0.25, 0.3) is 10.9 Å². The number of para-hydroxylation sites is 1. The number of aromatic nitrogens is 1. The zero-order valence-electron chi connectivity index (χ0n) is 13.0. The Hall–Kier alpha value is -1.25. The number of hydrogen-bond acceptors (Lipinski definition) is 0. The van der Waals surface area contributed by atoms with Crippen LogP contribution in [0.2, 0.25) is 0 Å². The molecule has 1 saturated heterocycles. The molecule has 114 valence electrons. The van der Waals surface area contributed by atoms with Gasteiger partial charge in [-0.3, -0.25) is 0 Å². The molecule has 3 heterocycles. The molecule has 0 amide bonds. The summed E-state index contributed by atoms with van der Waals surface area (Å²) >= 11 is 6.41. The molecule has 0 radical (unpaired) electrons. The Balaban J connectivity index is 1.69. The van der Waals surface area contributed by atoms with Crippen LogP contribution in [0.1, 0.15) is 30.1 Å². The molecule has 1 aliphatic carbocycles. The van der Waals surface area contributed by atoms with E-state index in [1.54, 1.807) is 5.56 Å². The molecule has 0 saturated carbocycles. The molecule has 1 fully saturated rings. The lowest BCUT2D eigenvalue weighted by atomic mass is 9.79. The fraction of sp³-hybridized carbons (Fsp3) is 0.474. The largest absolute Gasteiger partial charge is 0.353 e. The Morgan fingerprint density at radius 1 is 1.27 bits per heavy atom. The molecule has 2 nitrogen and oxygen atoms in total. The van der Waals surface area contributed by atoms with Crippen LogP contribution in [0.3, 0.4) is 0 Å². The van der Waals surface area contributed by atoms with Crippen molar-refractivity contribution in [2.45, 2.75) is 25.3 Å². The van der Waals surface area contributed by atoms with E-state index >= 15 is 0 Å². The maximum absolute atomic E-state index is 6.41. The SMILES string of the molecule is C[N+]12CCc3c([nH]c4ccccc34)[C@@H]1[C@@H]1CC(Cl)=CC[C@@H]1C2. The normalized spacial score (nSPS) is 36.6. The summed E-state index contributed by atoms with van der Waals surface area (Å²) < 4.78 is 1.20. The molecule has 5 rings (SSSR count). The van der Waals surface area contributed by atoms with Crippen LogP contribution in [0.4, 0.5) is 0 Å². The van der Waals surface area contributed by atoms with Crippen LogP contribution in [0, 0.1) is 11.8 Å². The van der Waals surface area contributed by atoms with Crippen molar-refractivity contribution >= 4 is 22.5 Å². The van der Waals surface area contributed by atoms with Crippen molar-refractivity contribution in [3.05, 3.63) is 46.6 Å². The van der Waals surface area contributed by atoms with Gasteiger partial charge in [0.25, 0.3) is 0 Å². The predicted molar refractivity (Wildman–Crippen MR) is 90.8 cm³/mol. The quantitative estimate of drug-likeness (QED) is 0.695. The molecule has 3 aliphatic rings. The Bertz CT molecular complexity index is 790. The molecule has 3 heteroatoms. The third-order valence-corrected chi connectivity index (χ3v) is 6.73. The second kappa shape index (κ2) is 4.39. The zero-order valence-corrected chi connectivity index (χ0v) is 13.7. The van der Waals surface area contributed by atoms with Crippen LogP contribution < -0.4 is 0 Å². The number of halogens is 1. The molecule has 2 aromatic rings. The van der Waals surface area contributed by atoms with Gasteiger partial charge in [0.2, 0.25) is 0 Å². The van der Waals surface area contributed by atoms with Gasteiger partial charge < -0.3 is 9.47 Å². The smallest absolute Gasteiger partial charge is 0.133 e. The van der Waals surface area contributed by atoms with E-state index in [2.05, 4.69) is 42.4 Å². The minimum Gasteiger partial charge on any atom is -0.353 e. The van der Waals surface area contributed by atoms with Crippen molar-refractivity contribution < 1.29 is 4.48 Å². The van der Waals surface area contributed by atoms with Crippen molar-refractivity contribution in [2.24, 2.45) is 11.8 Å². The van der Waals surface area contributed by atoms with E-state index in [9.17, 15) is 0 Å². The lowest BCUT2D eigenvalue weighted by Crippen LogP contribution is -2.48. The maximum Gasteiger partial charge on any atom is 0.133 e. The molecule has 22 heavy (non-hydrogen) atoms. The fourth-order valence-corrected chi connectivity index (χ4v) is 5.75.